The Bertz CT molecular complexity index is 495. The molecule has 0 aromatic heterocycles. The van der Waals surface area contributed by atoms with Crippen molar-refractivity contribution in [1.82, 2.24) is 4.90 Å². The Hall–Kier alpha value is 0.756. The monoisotopic (exact) mass is 441 g/mol. The van der Waals surface area contributed by atoms with E-state index in [1.807, 2.05) is 6.08 Å². The van der Waals surface area contributed by atoms with Crippen LogP contribution in [-0.2, 0) is 14.9 Å². The molecule has 5 nitrogen and oxygen atoms in total. The molecule has 0 heterocycles. The number of rotatable bonds is 18. The minimum atomic E-state index is -4.19. The van der Waals surface area contributed by atoms with Crippen molar-refractivity contribution < 1.29 is 69.1 Å². The molecule has 0 bridgehead atoms. The molecule has 7 heteroatoms. The zero-order valence-electron chi connectivity index (χ0n) is 18.5. The van der Waals surface area contributed by atoms with E-state index >= 15 is 0 Å². The van der Waals surface area contributed by atoms with E-state index in [2.05, 4.69) is 6.92 Å². The number of carbonyl (C=O) groups excluding carboxylic acids is 1. The van der Waals surface area contributed by atoms with Gasteiger partial charge in [-0.3, -0.25) is 4.79 Å². The number of nitrogens with zero attached hydrogens (tertiary/aromatic N) is 1. The molecule has 1 amide bonds. The Morgan fingerprint density at radius 2 is 1.32 bits per heavy atom. The molecule has 0 aromatic carbocycles. The molecule has 0 fully saturated rings. The molecular formula is C21H40KNO4S. The van der Waals surface area contributed by atoms with Gasteiger partial charge in [0.1, 0.15) is 0 Å². The van der Waals surface area contributed by atoms with Gasteiger partial charge >= 0.3 is 51.4 Å². The van der Waals surface area contributed by atoms with Crippen molar-refractivity contribution in [3.63, 3.8) is 0 Å². The number of allylic oxidation sites excluding steroid dienone is 1. The Kier molecular flexibility index (Phi) is 23.2. The van der Waals surface area contributed by atoms with Crippen molar-refractivity contribution in [1.29, 1.82) is 0 Å². The molecule has 0 rings (SSSR count). The summed E-state index contributed by atoms with van der Waals surface area (Å²) >= 11 is 0. The van der Waals surface area contributed by atoms with Gasteiger partial charge in [0.05, 0.1) is 10.1 Å². The maximum absolute atomic E-state index is 11.8. The minimum Gasteiger partial charge on any atom is -0.748 e. The normalized spacial score (nSPS) is 11.5. The van der Waals surface area contributed by atoms with Gasteiger partial charge in [0.2, 0.25) is 5.91 Å². The largest absolute Gasteiger partial charge is 1.00 e. The van der Waals surface area contributed by atoms with E-state index in [1.54, 1.807) is 13.1 Å². The van der Waals surface area contributed by atoms with Crippen LogP contribution in [0, 0.1) is 0 Å². The van der Waals surface area contributed by atoms with E-state index in [1.165, 1.54) is 75.5 Å². The second-order valence-electron chi connectivity index (χ2n) is 7.46. The number of hydrogen-bond donors (Lipinski definition) is 0. The summed E-state index contributed by atoms with van der Waals surface area (Å²) in [6.07, 6.45) is 20.3. The van der Waals surface area contributed by atoms with Crippen molar-refractivity contribution in [2.75, 3.05) is 19.3 Å². The average molecular weight is 442 g/mol. The summed E-state index contributed by atoms with van der Waals surface area (Å²) < 4.78 is 31.6. The molecule has 0 unspecified atom stereocenters. The summed E-state index contributed by atoms with van der Waals surface area (Å²) in [5, 5.41) is 0. The molecule has 0 radical (unpaired) electrons. The third-order valence-corrected chi connectivity index (χ3v) is 5.54. The van der Waals surface area contributed by atoms with Crippen LogP contribution in [0.4, 0.5) is 0 Å². The van der Waals surface area contributed by atoms with Gasteiger partial charge < -0.3 is 9.45 Å². The summed E-state index contributed by atoms with van der Waals surface area (Å²) in [5.74, 6) is -0.565. The number of hydrogen-bond acceptors (Lipinski definition) is 4. The van der Waals surface area contributed by atoms with Crippen molar-refractivity contribution in [3.05, 3.63) is 12.2 Å². The van der Waals surface area contributed by atoms with E-state index in [4.69, 9.17) is 0 Å². The summed E-state index contributed by atoms with van der Waals surface area (Å²) in [6.45, 7) is 2.53. The quantitative estimate of drug-likeness (QED) is 0.141. The van der Waals surface area contributed by atoms with Gasteiger partial charge in [-0.05, 0) is 25.3 Å². The summed E-state index contributed by atoms with van der Waals surface area (Å²) in [4.78, 5) is 13.3. The van der Waals surface area contributed by atoms with E-state index < -0.39 is 15.9 Å². The zero-order valence-corrected chi connectivity index (χ0v) is 22.4. The van der Waals surface area contributed by atoms with E-state index in [9.17, 15) is 17.8 Å². The molecular weight excluding hydrogens is 401 g/mol. The van der Waals surface area contributed by atoms with Crippen LogP contribution in [0.2, 0.25) is 0 Å². The zero-order chi connectivity index (χ0) is 20.4. The van der Waals surface area contributed by atoms with E-state index in [-0.39, 0.29) is 70.3 Å². The van der Waals surface area contributed by atoms with Crippen molar-refractivity contribution >= 4 is 16.0 Å². The molecule has 0 aliphatic carbocycles. The fourth-order valence-corrected chi connectivity index (χ4v) is 3.49. The summed E-state index contributed by atoms with van der Waals surface area (Å²) in [6, 6.07) is 0. The Labute approximate surface area is 216 Å². The second kappa shape index (κ2) is 21.0. The number of amides is 1. The van der Waals surface area contributed by atoms with Crippen LogP contribution in [0.25, 0.3) is 0 Å². The van der Waals surface area contributed by atoms with E-state index in [0.29, 0.717) is 0 Å². The fourth-order valence-electron chi connectivity index (χ4n) is 3.00. The second-order valence-corrected chi connectivity index (χ2v) is 8.98. The molecule has 0 aliphatic rings. The summed E-state index contributed by atoms with van der Waals surface area (Å²) in [5.41, 5.74) is 0. The maximum atomic E-state index is 11.8. The van der Waals surface area contributed by atoms with Gasteiger partial charge in [-0.2, -0.15) is 0 Å². The smallest absolute Gasteiger partial charge is 0.748 e. The molecule has 0 aliphatic heterocycles. The van der Waals surface area contributed by atoms with Gasteiger partial charge in [-0.1, -0.05) is 83.6 Å². The molecule has 0 saturated heterocycles. The van der Waals surface area contributed by atoms with Crippen LogP contribution in [0.1, 0.15) is 96.8 Å². The molecule has 0 aromatic rings. The first-order valence-corrected chi connectivity index (χ1v) is 12.3. The van der Waals surface area contributed by atoms with Crippen LogP contribution < -0.4 is 51.4 Å². The van der Waals surface area contributed by atoms with Crippen LogP contribution >= 0.6 is 0 Å². The molecule has 0 spiro atoms. The first-order chi connectivity index (χ1) is 12.9. The molecule has 0 N–H and O–H groups in total. The van der Waals surface area contributed by atoms with Gasteiger partial charge in [-0.25, -0.2) is 8.42 Å². The Morgan fingerprint density at radius 3 is 1.79 bits per heavy atom. The van der Waals surface area contributed by atoms with Crippen LogP contribution in [0.3, 0.4) is 0 Å². The van der Waals surface area contributed by atoms with Crippen molar-refractivity contribution in [3.8, 4) is 0 Å². The summed E-state index contributed by atoms with van der Waals surface area (Å²) in [7, 11) is -2.58. The van der Waals surface area contributed by atoms with Crippen molar-refractivity contribution in [2.24, 2.45) is 0 Å². The molecule has 0 atom stereocenters. The molecule has 160 valence electrons. The standard InChI is InChI=1S/C21H41NO4S.K/c1-3-4-5-6-7-8-9-10-11-12-13-14-15-16-18-21(23)22(2)19-17-20-27(24,25)26;/h16,18H,3-15,17,19-20H2,1-2H3,(H,24,25,26);/q;+1/p-1/b18-16+;. The third kappa shape index (κ3) is 23.0. The first-order valence-electron chi connectivity index (χ1n) is 10.7. The van der Waals surface area contributed by atoms with E-state index in [0.717, 1.165) is 12.8 Å². The van der Waals surface area contributed by atoms with Gasteiger partial charge in [-0.15, -0.1) is 0 Å². The first kappa shape index (κ1) is 30.9. The Balaban J connectivity index is 0. The fraction of sp³-hybridized carbons (Fsp3) is 0.857. The van der Waals surface area contributed by atoms with Crippen LogP contribution in [-0.4, -0.2) is 43.1 Å². The number of likely N-dealkylation sites (N-methyl/N-ethyl adjacent to an activating group) is 1. The van der Waals surface area contributed by atoms with Gasteiger partial charge in [0, 0.05) is 19.3 Å². The molecule has 28 heavy (non-hydrogen) atoms. The van der Waals surface area contributed by atoms with Crippen molar-refractivity contribution in [2.45, 2.75) is 96.8 Å². The average Bonchev–Trinajstić information content (AvgIpc) is 2.60. The molecule has 0 saturated carbocycles. The SMILES string of the molecule is CCCCCCCCCCCCCC/C=C/C(=O)N(C)CCCS(=O)(=O)[O-].[K+]. The Morgan fingerprint density at radius 1 is 0.857 bits per heavy atom. The predicted molar refractivity (Wildman–Crippen MR) is 112 cm³/mol. The predicted octanol–water partition coefficient (Wildman–Crippen LogP) is 2.03. The third-order valence-electron chi connectivity index (χ3n) is 4.75. The minimum absolute atomic E-state index is 0. The number of carbonyl (C=O) groups is 1. The topological polar surface area (TPSA) is 77.5 Å². The van der Waals surface area contributed by atoms with Gasteiger partial charge in [0.15, 0.2) is 0 Å². The van der Waals surface area contributed by atoms with Gasteiger partial charge in [0.25, 0.3) is 0 Å². The maximum Gasteiger partial charge on any atom is 1.00 e. The van der Waals surface area contributed by atoms with Crippen LogP contribution in [0.15, 0.2) is 12.2 Å². The number of unbranched alkanes of at least 4 members (excludes halogenated alkanes) is 12. The van der Waals surface area contributed by atoms with Crippen LogP contribution in [0.5, 0.6) is 0 Å².